The number of hydrogen-bond acceptors (Lipinski definition) is 4. The smallest absolute Gasteiger partial charge is 0.130 e. The van der Waals surface area contributed by atoms with E-state index < -0.39 is 6.10 Å². The van der Waals surface area contributed by atoms with Crippen molar-refractivity contribution in [2.75, 3.05) is 13.2 Å². The number of ether oxygens (including phenoxy) is 3. The number of aliphatic hydroxyl groups excluding tert-OH is 1. The van der Waals surface area contributed by atoms with E-state index in [9.17, 15) is 5.11 Å². The molecule has 0 aromatic heterocycles. The van der Waals surface area contributed by atoms with Crippen LogP contribution in [0.15, 0.2) is 24.3 Å². The van der Waals surface area contributed by atoms with Crippen molar-refractivity contribution in [3.8, 4) is 11.5 Å². The van der Waals surface area contributed by atoms with Crippen molar-refractivity contribution < 1.29 is 19.3 Å². The third kappa shape index (κ3) is 2.94. The van der Waals surface area contributed by atoms with Crippen molar-refractivity contribution >= 4 is 0 Å². The largest absolute Gasteiger partial charge is 0.494 e. The molecule has 0 amide bonds. The zero-order valence-electron chi connectivity index (χ0n) is 10.8. The number of rotatable bonds is 6. The van der Waals surface area contributed by atoms with Gasteiger partial charge in [-0.1, -0.05) is 6.07 Å². The van der Waals surface area contributed by atoms with Crippen LogP contribution >= 0.6 is 0 Å². The summed E-state index contributed by atoms with van der Waals surface area (Å²) in [7, 11) is 0. The monoisotopic (exact) mass is 252 g/mol. The predicted molar refractivity (Wildman–Crippen MR) is 68.1 cm³/mol. The fourth-order valence-electron chi connectivity index (χ4n) is 2.06. The average molecular weight is 252 g/mol. The van der Waals surface area contributed by atoms with Gasteiger partial charge in [0.2, 0.25) is 0 Å². The lowest BCUT2D eigenvalue weighted by Gasteiger charge is -2.40. The molecule has 3 atom stereocenters. The van der Waals surface area contributed by atoms with E-state index in [1.807, 2.05) is 38.1 Å². The summed E-state index contributed by atoms with van der Waals surface area (Å²) in [6, 6.07) is 7.53. The standard InChI is InChI=1S/C14H20O4/c1-3-16-10-6-5-7-11(8-10)18-13-9-12(15)14(13)17-4-2/h5-8,12-15H,3-4,9H2,1-2H3. The Morgan fingerprint density at radius 1 is 1.22 bits per heavy atom. The molecule has 100 valence electrons. The molecule has 3 unspecified atom stereocenters. The summed E-state index contributed by atoms with van der Waals surface area (Å²) in [5.74, 6) is 1.55. The van der Waals surface area contributed by atoms with Gasteiger partial charge in [-0.3, -0.25) is 0 Å². The molecule has 1 aromatic rings. The molecule has 1 N–H and O–H groups in total. The van der Waals surface area contributed by atoms with Gasteiger partial charge in [-0.15, -0.1) is 0 Å². The van der Waals surface area contributed by atoms with Gasteiger partial charge in [0.05, 0.1) is 12.7 Å². The summed E-state index contributed by atoms with van der Waals surface area (Å²) in [5.41, 5.74) is 0. The first kappa shape index (κ1) is 13.2. The van der Waals surface area contributed by atoms with E-state index in [4.69, 9.17) is 14.2 Å². The lowest BCUT2D eigenvalue weighted by Crippen LogP contribution is -2.55. The summed E-state index contributed by atoms with van der Waals surface area (Å²) in [6.07, 6.45) is -0.0867. The second kappa shape index (κ2) is 6.07. The molecule has 4 heteroatoms. The van der Waals surface area contributed by atoms with Gasteiger partial charge in [0.25, 0.3) is 0 Å². The Morgan fingerprint density at radius 3 is 2.67 bits per heavy atom. The maximum absolute atomic E-state index is 9.60. The third-order valence-electron chi connectivity index (χ3n) is 2.98. The van der Waals surface area contributed by atoms with Crippen molar-refractivity contribution in [2.45, 2.75) is 38.6 Å². The first-order valence-electron chi connectivity index (χ1n) is 6.43. The number of hydrogen-bond donors (Lipinski definition) is 1. The second-order valence-corrected chi connectivity index (χ2v) is 4.29. The minimum Gasteiger partial charge on any atom is -0.494 e. The average Bonchev–Trinajstić information content (AvgIpc) is 2.36. The highest BCUT2D eigenvalue weighted by Crippen LogP contribution is 2.30. The highest BCUT2D eigenvalue weighted by molar-refractivity contribution is 5.33. The van der Waals surface area contributed by atoms with Gasteiger partial charge in [0.1, 0.15) is 23.7 Å². The van der Waals surface area contributed by atoms with Crippen LogP contribution in [0.2, 0.25) is 0 Å². The van der Waals surface area contributed by atoms with Crippen molar-refractivity contribution in [3.63, 3.8) is 0 Å². The summed E-state index contributed by atoms with van der Waals surface area (Å²) in [5, 5.41) is 9.60. The Labute approximate surface area is 107 Å². The summed E-state index contributed by atoms with van der Waals surface area (Å²) < 4.78 is 16.7. The van der Waals surface area contributed by atoms with E-state index in [0.29, 0.717) is 19.6 Å². The SMILES string of the molecule is CCOc1cccc(OC2CC(O)C2OCC)c1. The summed E-state index contributed by atoms with van der Waals surface area (Å²) >= 11 is 0. The van der Waals surface area contributed by atoms with Gasteiger partial charge in [0.15, 0.2) is 0 Å². The van der Waals surface area contributed by atoms with Crippen molar-refractivity contribution in [1.82, 2.24) is 0 Å². The lowest BCUT2D eigenvalue weighted by atomic mass is 9.88. The van der Waals surface area contributed by atoms with Gasteiger partial charge in [-0.05, 0) is 26.0 Å². The maximum Gasteiger partial charge on any atom is 0.130 e. The Bertz CT molecular complexity index is 380. The van der Waals surface area contributed by atoms with E-state index in [2.05, 4.69) is 0 Å². The molecule has 1 fully saturated rings. The molecule has 0 heterocycles. The van der Waals surface area contributed by atoms with Gasteiger partial charge in [0, 0.05) is 19.1 Å². The van der Waals surface area contributed by atoms with Gasteiger partial charge < -0.3 is 19.3 Å². The zero-order chi connectivity index (χ0) is 13.0. The first-order valence-corrected chi connectivity index (χ1v) is 6.43. The number of benzene rings is 1. The van der Waals surface area contributed by atoms with Gasteiger partial charge in [-0.2, -0.15) is 0 Å². The van der Waals surface area contributed by atoms with Crippen LogP contribution in [-0.4, -0.2) is 36.6 Å². The Kier molecular flexibility index (Phi) is 4.44. The minimum absolute atomic E-state index is 0.0724. The van der Waals surface area contributed by atoms with Crippen LogP contribution in [0.1, 0.15) is 20.3 Å². The van der Waals surface area contributed by atoms with Gasteiger partial charge in [-0.25, -0.2) is 0 Å². The molecule has 0 saturated heterocycles. The fraction of sp³-hybridized carbons (Fsp3) is 0.571. The maximum atomic E-state index is 9.60. The van der Waals surface area contributed by atoms with Gasteiger partial charge >= 0.3 is 0 Å². The molecule has 1 aromatic carbocycles. The zero-order valence-corrected chi connectivity index (χ0v) is 10.8. The predicted octanol–water partition coefficient (Wildman–Crippen LogP) is 2.00. The van der Waals surface area contributed by atoms with Crippen LogP contribution in [0.4, 0.5) is 0 Å². The summed E-state index contributed by atoms with van der Waals surface area (Å²) in [4.78, 5) is 0. The Hall–Kier alpha value is -1.26. The van der Waals surface area contributed by atoms with Crippen LogP contribution in [-0.2, 0) is 4.74 Å². The van der Waals surface area contributed by atoms with E-state index in [1.54, 1.807) is 0 Å². The molecule has 0 aliphatic heterocycles. The van der Waals surface area contributed by atoms with Crippen molar-refractivity contribution in [3.05, 3.63) is 24.3 Å². The minimum atomic E-state index is -0.412. The van der Waals surface area contributed by atoms with E-state index >= 15 is 0 Å². The van der Waals surface area contributed by atoms with E-state index in [-0.39, 0.29) is 12.2 Å². The lowest BCUT2D eigenvalue weighted by molar-refractivity contribution is -0.160. The molecule has 0 radical (unpaired) electrons. The molecular weight excluding hydrogens is 232 g/mol. The molecular formula is C14H20O4. The van der Waals surface area contributed by atoms with Crippen LogP contribution in [0.3, 0.4) is 0 Å². The normalized spacial score (nSPS) is 26.5. The van der Waals surface area contributed by atoms with E-state index in [0.717, 1.165) is 11.5 Å². The quantitative estimate of drug-likeness (QED) is 0.841. The molecule has 18 heavy (non-hydrogen) atoms. The second-order valence-electron chi connectivity index (χ2n) is 4.29. The summed E-state index contributed by atoms with van der Waals surface area (Å²) in [6.45, 7) is 5.08. The fourth-order valence-corrected chi connectivity index (χ4v) is 2.06. The molecule has 1 saturated carbocycles. The van der Waals surface area contributed by atoms with Crippen molar-refractivity contribution in [2.24, 2.45) is 0 Å². The van der Waals surface area contributed by atoms with Crippen LogP contribution in [0.5, 0.6) is 11.5 Å². The van der Waals surface area contributed by atoms with Crippen molar-refractivity contribution in [1.29, 1.82) is 0 Å². The molecule has 1 aliphatic rings. The molecule has 2 rings (SSSR count). The Morgan fingerprint density at radius 2 is 2.00 bits per heavy atom. The Balaban J connectivity index is 1.95. The molecule has 0 spiro atoms. The van der Waals surface area contributed by atoms with Crippen LogP contribution in [0, 0.1) is 0 Å². The highest BCUT2D eigenvalue weighted by atomic mass is 16.6. The first-order chi connectivity index (χ1) is 8.74. The topological polar surface area (TPSA) is 47.9 Å². The number of aliphatic hydroxyl groups is 1. The molecule has 0 bridgehead atoms. The molecule has 1 aliphatic carbocycles. The van der Waals surface area contributed by atoms with E-state index in [1.165, 1.54) is 0 Å². The van der Waals surface area contributed by atoms with Crippen LogP contribution < -0.4 is 9.47 Å². The third-order valence-corrected chi connectivity index (χ3v) is 2.98. The molecule has 4 nitrogen and oxygen atoms in total. The van der Waals surface area contributed by atoms with Crippen LogP contribution in [0.25, 0.3) is 0 Å². The highest BCUT2D eigenvalue weighted by Gasteiger charge is 2.42.